The van der Waals surface area contributed by atoms with Gasteiger partial charge in [0.25, 0.3) is 5.91 Å². The lowest BCUT2D eigenvalue weighted by Gasteiger charge is -2.06. The first-order valence-corrected chi connectivity index (χ1v) is 7.60. The molecule has 0 spiro atoms. The van der Waals surface area contributed by atoms with E-state index in [-0.39, 0.29) is 5.91 Å². The molecular weight excluding hydrogens is 274 g/mol. The highest BCUT2D eigenvalue weighted by Gasteiger charge is 2.24. The Labute approximate surface area is 128 Å². The van der Waals surface area contributed by atoms with Crippen LogP contribution in [-0.4, -0.2) is 15.9 Å². The molecule has 1 aliphatic carbocycles. The molecule has 3 aromatic rings. The molecule has 1 fully saturated rings. The Morgan fingerprint density at radius 1 is 1.23 bits per heavy atom. The van der Waals surface area contributed by atoms with Crippen molar-refractivity contribution in [3.05, 3.63) is 65.6 Å². The van der Waals surface area contributed by atoms with E-state index in [1.54, 1.807) is 6.20 Å². The maximum absolute atomic E-state index is 12.2. The molecule has 1 aliphatic rings. The first-order valence-electron chi connectivity index (χ1n) is 7.60. The monoisotopic (exact) mass is 291 g/mol. The third kappa shape index (κ3) is 2.60. The quantitative estimate of drug-likeness (QED) is 0.774. The fourth-order valence-electron chi connectivity index (χ4n) is 2.66. The normalized spacial score (nSPS) is 14.2. The highest BCUT2D eigenvalue weighted by atomic mass is 16.1. The molecule has 4 nitrogen and oxygen atoms in total. The van der Waals surface area contributed by atoms with Crippen LogP contribution < -0.4 is 5.32 Å². The fourth-order valence-corrected chi connectivity index (χ4v) is 2.66. The second-order valence-corrected chi connectivity index (χ2v) is 5.83. The lowest BCUT2D eigenvalue weighted by molar-refractivity contribution is 0.0950. The summed E-state index contributed by atoms with van der Waals surface area (Å²) < 4.78 is 0. The topological polar surface area (TPSA) is 57.8 Å². The molecule has 22 heavy (non-hydrogen) atoms. The van der Waals surface area contributed by atoms with Crippen LogP contribution in [0.25, 0.3) is 10.9 Å². The minimum Gasteiger partial charge on any atom is -0.361 e. The lowest BCUT2D eigenvalue weighted by Crippen LogP contribution is -2.22. The largest absolute Gasteiger partial charge is 0.361 e. The van der Waals surface area contributed by atoms with Gasteiger partial charge in [-0.1, -0.05) is 6.07 Å². The van der Waals surface area contributed by atoms with Crippen molar-refractivity contribution >= 4 is 16.8 Å². The van der Waals surface area contributed by atoms with Crippen LogP contribution >= 0.6 is 0 Å². The van der Waals surface area contributed by atoms with E-state index >= 15 is 0 Å². The summed E-state index contributed by atoms with van der Waals surface area (Å²) in [6.45, 7) is 0.518. The van der Waals surface area contributed by atoms with E-state index in [1.807, 2.05) is 36.5 Å². The fraction of sp³-hybridized carbons (Fsp3) is 0.222. The summed E-state index contributed by atoms with van der Waals surface area (Å²) in [6, 6.07) is 12.0. The number of rotatable bonds is 4. The molecule has 0 bridgehead atoms. The van der Waals surface area contributed by atoms with Gasteiger partial charge in [0.1, 0.15) is 0 Å². The molecule has 110 valence electrons. The zero-order chi connectivity index (χ0) is 14.9. The lowest BCUT2D eigenvalue weighted by atomic mass is 10.1. The summed E-state index contributed by atoms with van der Waals surface area (Å²) in [5.41, 5.74) is 3.92. The predicted octanol–water partition coefficient (Wildman–Crippen LogP) is 3.37. The van der Waals surface area contributed by atoms with Gasteiger partial charge in [-0.15, -0.1) is 0 Å². The SMILES string of the molecule is O=C(NCc1ccc2[nH]ccc2c1)c1ccc(C2CC2)nc1. The van der Waals surface area contributed by atoms with E-state index in [0.717, 1.165) is 22.2 Å². The molecule has 2 aromatic heterocycles. The van der Waals surface area contributed by atoms with Gasteiger partial charge in [0.05, 0.1) is 5.56 Å². The standard InChI is InChI=1S/C18H17N3O/c22-18(15-4-6-16(20-11-15)13-2-3-13)21-10-12-1-5-17-14(9-12)7-8-19-17/h1,4-9,11,13,19H,2-3,10H2,(H,21,22). The van der Waals surface area contributed by atoms with Crippen molar-refractivity contribution in [2.24, 2.45) is 0 Å². The minimum absolute atomic E-state index is 0.0796. The van der Waals surface area contributed by atoms with Gasteiger partial charge in [0.2, 0.25) is 0 Å². The van der Waals surface area contributed by atoms with Crippen LogP contribution in [0.1, 0.15) is 40.4 Å². The van der Waals surface area contributed by atoms with Crippen molar-refractivity contribution in [1.29, 1.82) is 0 Å². The van der Waals surface area contributed by atoms with E-state index < -0.39 is 0 Å². The van der Waals surface area contributed by atoms with E-state index in [2.05, 4.69) is 21.4 Å². The van der Waals surface area contributed by atoms with Gasteiger partial charge < -0.3 is 10.3 Å². The van der Waals surface area contributed by atoms with Crippen molar-refractivity contribution in [1.82, 2.24) is 15.3 Å². The molecule has 0 atom stereocenters. The number of pyridine rings is 1. The van der Waals surface area contributed by atoms with E-state index in [0.29, 0.717) is 18.0 Å². The molecule has 2 N–H and O–H groups in total. The summed E-state index contributed by atoms with van der Waals surface area (Å²) in [7, 11) is 0. The number of carbonyl (C=O) groups is 1. The first kappa shape index (κ1) is 13.1. The number of aromatic amines is 1. The van der Waals surface area contributed by atoms with Crippen molar-refractivity contribution in [3.8, 4) is 0 Å². The number of amides is 1. The average molecular weight is 291 g/mol. The number of nitrogens with one attached hydrogen (secondary N) is 2. The number of carbonyl (C=O) groups excluding carboxylic acids is 1. The predicted molar refractivity (Wildman–Crippen MR) is 85.7 cm³/mol. The smallest absolute Gasteiger partial charge is 0.253 e. The molecule has 0 saturated heterocycles. The molecule has 2 heterocycles. The molecule has 0 unspecified atom stereocenters. The molecule has 4 heteroatoms. The van der Waals surface area contributed by atoms with Crippen molar-refractivity contribution in [3.63, 3.8) is 0 Å². The number of H-pyrrole nitrogens is 1. The molecule has 0 radical (unpaired) electrons. The Morgan fingerprint density at radius 2 is 2.14 bits per heavy atom. The zero-order valence-electron chi connectivity index (χ0n) is 12.2. The summed E-state index contributed by atoms with van der Waals surface area (Å²) in [5.74, 6) is 0.536. The number of hydrogen-bond acceptors (Lipinski definition) is 2. The summed E-state index contributed by atoms with van der Waals surface area (Å²) in [4.78, 5) is 19.7. The molecule has 4 rings (SSSR count). The van der Waals surface area contributed by atoms with Crippen LogP contribution in [-0.2, 0) is 6.54 Å². The Hall–Kier alpha value is -2.62. The number of nitrogens with zero attached hydrogens (tertiary/aromatic N) is 1. The zero-order valence-corrected chi connectivity index (χ0v) is 12.2. The van der Waals surface area contributed by atoms with Crippen LogP contribution in [0.15, 0.2) is 48.8 Å². The number of benzene rings is 1. The van der Waals surface area contributed by atoms with Gasteiger partial charge in [-0.05, 0) is 54.1 Å². The van der Waals surface area contributed by atoms with E-state index in [9.17, 15) is 4.79 Å². The highest BCUT2D eigenvalue weighted by molar-refractivity contribution is 5.93. The Morgan fingerprint density at radius 3 is 2.91 bits per heavy atom. The Kier molecular flexibility index (Phi) is 3.15. The molecule has 1 saturated carbocycles. The van der Waals surface area contributed by atoms with Crippen LogP contribution in [0.3, 0.4) is 0 Å². The van der Waals surface area contributed by atoms with Gasteiger partial charge in [-0.3, -0.25) is 9.78 Å². The third-order valence-corrected chi connectivity index (χ3v) is 4.11. The molecular formula is C18H17N3O. The summed E-state index contributed by atoms with van der Waals surface area (Å²) >= 11 is 0. The second kappa shape index (κ2) is 5.30. The van der Waals surface area contributed by atoms with Crippen molar-refractivity contribution in [2.75, 3.05) is 0 Å². The maximum atomic E-state index is 12.2. The third-order valence-electron chi connectivity index (χ3n) is 4.11. The second-order valence-electron chi connectivity index (χ2n) is 5.83. The number of aromatic nitrogens is 2. The van der Waals surface area contributed by atoms with Crippen LogP contribution in [0.4, 0.5) is 0 Å². The van der Waals surface area contributed by atoms with Crippen LogP contribution in [0.2, 0.25) is 0 Å². The Balaban J connectivity index is 1.42. The number of hydrogen-bond donors (Lipinski definition) is 2. The van der Waals surface area contributed by atoms with Crippen LogP contribution in [0.5, 0.6) is 0 Å². The van der Waals surface area contributed by atoms with Gasteiger partial charge in [-0.2, -0.15) is 0 Å². The van der Waals surface area contributed by atoms with Gasteiger partial charge >= 0.3 is 0 Å². The summed E-state index contributed by atoms with van der Waals surface area (Å²) in [5, 5.41) is 4.10. The molecule has 1 amide bonds. The first-order chi connectivity index (χ1) is 10.8. The van der Waals surface area contributed by atoms with E-state index in [1.165, 1.54) is 12.8 Å². The van der Waals surface area contributed by atoms with Crippen molar-refractivity contribution in [2.45, 2.75) is 25.3 Å². The maximum Gasteiger partial charge on any atom is 0.253 e. The van der Waals surface area contributed by atoms with Gasteiger partial charge in [-0.25, -0.2) is 0 Å². The van der Waals surface area contributed by atoms with Crippen LogP contribution in [0, 0.1) is 0 Å². The average Bonchev–Trinajstić information content (AvgIpc) is 3.30. The number of fused-ring (bicyclic) bond motifs is 1. The summed E-state index contributed by atoms with van der Waals surface area (Å²) in [6.07, 6.45) is 6.04. The Bertz CT molecular complexity index is 816. The minimum atomic E-state index is -0.0796. The highest BCUT2D eigenvalue weighted by Crippen LogP contribution is 2.38. The van der Waals surface area contributed by atoms with Gasteiger partial charge in [0.15, 0.2) is 0 Å². The molecule has 0 aliphatic heterocycles. The molecule has 1 aromatic carbocycles. The van der Waals surface area contributed by atoms with Crippen molar-refractivity contribution < 1.29 is 4.79 Å². The van der Waals surface area contributed by atoms with E-state index in [4.69, 9.17) is 0 Å². The van der Waals surface area contributed by atoms with Gasteiger partial charge in [0, 0.05) is 36.1 Å².